The van der Waals surface area contributed by atoms with Gasteiger partial charge in [-0.05, 0) is 48.7 Å². The summed E-state index contributed by atoms with van der Waals surface area (Å²) in [4.78, 5) is 26.4. The Kier molecular flexibility index (Phi) is 4.86. The number of nitrogens with zero attached hydrogens (tertiary/aromatic N) is 1. The Morgan fingerprint density at radius 2 is 1.92 bits per heavy atom. The third-order valence-corrected chi connectivity index (χ3v) is 4.59. The first-order valence-corrected chi connectivity index (χ1v) is 8.34. The number of amides is 2. The summed E-state index contributed by atoms with van der Waals surface area (Å²) < 4.78 is 0. The number of carbonyl (C=O) groups is 2. The summed E-state index contributed by atoms with van der Waals surface area (Å²) in [7, 11) is 0. The minimum absolute atomic E-state index is 0.0339. The average Bonchev–Trinajstić information content (AvgIpc) is 2.96. The van der Waals surface area contributed by atoms with Crippen LogP contribution in [0.5, 0.6) is 0 Å². The number of carbonyl (C=O) groups excluding carboxylic acids is 2. The molecule has 0 spiro atoms. The number of benzene rings is 2. The van der Waals surface area contributed by atoms with Gasteiger partial charge in [0.25, 0.3) is 0 Å². The SMILES string of the molecule is Cc1ccccc1CNC(=O)C1CCC(=O)N1c1ccc(Cl)cc1. The van der Waals surface area contributed by atoms with Gasteiger partial charge in [0.15, 0.2) is 0 Å². The maximum Gasteiger partial charge on any atom is 0.243 e. The molecule has 1 aliphatic rings. The monoisotopic (exact) mass is 342 g/mol. The van der Waals surface area contributed by atoms with Crippen molar-refractivity contribution in [1.82, 2.24) is 5.32 Å². The van der Waals surface area contributed by atoms with Crippen molar-refractivity contribution in [3.63, 3.8) is 0 Å². The molecule has 0 aromatic heterocycles. The second-order valence-electron chi connectivity index (χ2n) is 5.94. The van der Waals surface area contributed by atoms with E-state index in [1.807, 2.05) is 31.2 Å². The van der Waals surface area contributed by atoms with E-state index in [1.54, 1.807) is 29.2 Å². The molecule has 1 saturated heterocycles. The predicted octanol–water partition coefficient (Wildman–Crippen LogP) is 3.46. The molecule has 24 heavy (non-hydrogen) atoms. The van der Waals surface area contributed by atoms with Crippen molar-refractivity contribution in [2.75, 3.05) is 4.90 Å². The molecule has 1 aliphatic heterocycles. The Morgan fingerprint density at radius 3 is 2.62 bits per heavy atom. The average molecular weight is 343 g/mol. The molecule has 4 nitrogen and oxygen atoms in total. The zero-order valence-corrected chi connectivity index (χ0v) is 14.2. The molecule has 1 N–H and O–H groups in total. The van der Waals surface area contributed by atoms with Gasteiger partial charge in [-0.15, -0.1) is 0 Å². The van der Waals surface area contributed by atoms with Gasteiger partial charge in [0, 0.05) is 23.7 Å². The maximum absolute atomic E-state index is 12.6. The van der Waals surface area contributed by atoms with Crippen LogP contribution in [-0.2, 0) is 16.1 Å². The van der Waals surface area contributed by atoms with Gasteiger partial charge >= 0.3 is 0 Å². The van der Waals surface area contributed by atoms with Crippen molar-refractivity contribution in [1.29, 1.82) is 0 Å². The molecular formula is C19H19ClN2O2. The van der Waals surface area contributed by atoms with Crippen LogP contribution in [0.15, 0.2) is 48.5 Å². The number of hydrogen-bond acceptors (Lipinski definition) is 2. The summed E-state index contributed by atoms with van der Waals surface area (Å²) in [6.45, 7) is 2.48. The summed E-state index contributed by atoms with van der Waals surface area (Å²) in [6, 6.07) is 14.5. The van der Waals surface area contributed by atoms with Crippen molar-refractivity contribution in [3.05, 3.63) is 64.7 Å². The van der Waals surface area contributed by atoms with Crippen LogP contribution in [-0.4, -0.2) is 17.9 Å². The lowest BCUT2D eigenvalue weighted by molar-refractivity contribution is -0.124. The van der Waals surface area contributed by atoms with Crippen LogP contribution in [0.25, 0.3) is 0 Å². The van der Waals surface area contributed by atoms with Crippen LogP contribution in [0.4, 0.5) is 5.69 Å². The fraction of sp³-hybridized carbons (Fsp3) is 0.263. The van der Waals surface area contributed by atoms with E-state index in [1.165, 1.54) is 0 Å². The summed E-state index contributed by atoms with van der Waals surface area (Å²) in [5.41, 5.74) is 2.92. The number of rotatable bonds is 4. The second-order valence-corrected chi connectivity index (χ2v) is 6.38. The zero-order valence-electron chi connectivity index (χ0n) is 13.5. The lowest BCUT2D eigenvalue weighted by Crippen LogP contribution is -2.44. The predicted molar refractivity (Wildman–Crippen MR) is 95.0 cm³/mol. The topological polar surface area (TPSA) is 49.4 Å². The number of anilines is 1. The van der Waals surface area contributed by atoms with Gasteiger partial charge in [-0.25, -0.2) is 0 Å². The summed E-state index contributed by atoms with van der Waals surface area (Å²) in [6.07, 6.45) is 0.909. The molecule has 124 valence electrons. The third-order valence-electron chi connectivity index (χ3n) is 4.33. The summed E-state index contributed by atoms with van der Waals surface area (Å²) in [5, 5.41) is 3.56. The fourth-order valence-electron chi connectivity index (χ4n) is 2.97. The van der Waals surface area contributed by atoms with Gasteiger partial charge in [-0.2, -0.15) is 0 Å². The molecule has 1 heterocycles. The first-order chi connectivity index (χ1) is 11.6. The van der Waals surface area contributed by atoms with Crippen LogP contribution in [0, 0.1) is 6.92 Å². The highest BCUT2D eigenvalue weighted by atomic mass is 35.5. The Labute approximate surface area is 146 Å². The maximum atomic E-state index is 12.6. The quantitative estimate of drug-likeness (QED) is 0.925. The van der Waals surface area contributed by atoms with Gasteiger partial charge in [0.2, 0.25) is 11.8 Å². The minimum atomic E-state index is -0.470. The largest absolute Gasteiger partial charge is 0.350 e. The molecule has 5 heteroatoms. The van der Waals surface area contributed by atoms with Crippen molar-refractivity contribution >= 4 is 29.1 Å². The van der Waals surface area contributed by atoms with Gasteiger partial charge in [0.1, 0.15) is 6.04 Å². The Balaban J connectivity index is 1.72. The van der Waals surface area contributed by atoms with Gasteiger partial charge in [0.05, 0.1) is 0 Å². The normalized spacial score (nSPS) is 17.2. The van der Waals surface area contributed by atoms with Crippen LogP contribution in [0.3, 0.4) is 0 Å². The smallest absolute Gasteiger partial charge is 0.243 e. The van der Waals surface area contributed by atoms with Crippen LogP contribution >= 0.6 is 11.6 Å². The first kappa shape index (κ1) is 16.5. The molecule has 0 aliphatic carbocycles. The highest BCUT2D eigenvalue weighted by molar-refractivity contribution is 6.30. The Bertz CT molecular complexity index is 758. The molecule has 2 amide bonds. The molecule has 2 aromatic carbocycles. The van der Waals surface area contributed by atoms with Gasteiger partial charge in [-0.1, -0.05) is 35.9 Å². The lowest BCUT2D eigenvalue weighted by atomic mass is 10.1. The molecule has 0 radical (unpaired) electrons. The van der Waals surface area contributed by atoms with E-state index in [2.05, 4.69) is 5.32 Å². The van der Waals surface area contributed by atoms with Crippen LogP contribution in [0.1, 0.15) is 24.0 Å². The standard InChI is InChI=1S/C19H19ClN2O2/c1-13-4-2-3-5-14(13)12-21-19(24)17-10-11-18(23)22(17)16-8-6-15(20)7-9-16/h2-9,17H,10-12H2,1H3,(H,21,24). The fourth-order valence-corrected chi connectivity index (χ4v) is 3.09. The van der Waals surface area contributed by atoms with Gasteiger partial charge in [-0.3, -0.25) is 14.5 Å². The van der Waals surface area contributed by atoms with E-state index < -0.39 is 6.04 Å². The number of nitrogens with one attached hydrogen (secondary N) is 1. The molecular weight excluding hydrogens is 324 g/mol. The Morgan fingerprint density at radius 1 is 1.21 bits per heavy atom. The molecule has 1 fully saturated rings. The van der Waals surface area contributed by atoms with Crippen molar-refractivity contribution in [3.8, 4) is 0 Å². The number of hydrogen-bond donors (Lipinski definition) is 1. The molecule has 3 rings (SSSR count). The van der Waals surface area contributed by atoms with E-state index in [-0.39, 0.29) is 11.8 Å². The summed E-state index contributed by atoms with van der Waals surface area (Å²) in [5.74, 6) is -0.160. The zero-order chi connectivity index (χ0) is 17.1. The molecule has 0 saturated carbocycles. The summed E-state index contributed by atoms with van der Waals surface area (Å²) >= 11 is 5.90. The molecule has 1 unspecified atom stereocenters. The minimum Gasteiger partial charge on any atom is -0.350 e. The van der Waals surface area contributed by atoms with E-state index in [0.29, 0.717) is 30.1 Å². The van der Waals surface area contributed by atoms with Crippen LogP contribution in [0.2, 0.25) is 5.02 Å². The molecule has 2 aromatic rings. The highest BCUT2D eigenvalue weighted by Crippen LogP contribution is 2.28. The van der Waals surface area contributed by atoms with Crippen LogP contribution < -0.4 is 10.2 Å². The second kappa shape index (κ2) is 7.05. The first-order valence-electron chi connectivity index (χ1n) is 7.96. The third kappa shape index (κ3) is 3.44. The van der Waals surface area contributed by atoms with E-state index >= 15 is 0 Å². The van der Waals surface area contributed by atoms with E-state index in [4.69, 9.17) is 11.6 Å². The van der Waals surface area contributed by atoms with E-state index in [0.717, 1.165) is 11.1 Å². The highest BCUT2D eigenvalue weighted by Gasteiger charge is 2.36. The molecule has 1 atom stereocenters. The molecule has 0 bridgehead atoms. The van der Waals surface area contributed by atoms with Crippen molar-refractivity contribution in [2.24, 2.45) is 0 Å². The number of halogens is 1. The lowest BCUT2D eigenvalue weighted by Gasteiger charge is -2.24. The van der Waals surface area contributed by atoms with Gasteiger partial charge < -0.3 is 5.32 Å². The van der Waals surface area contributed by atoms with Crippen molar-refractivity contribution in [2.45, 2.75) is 32.4 Å². The number of aryl methyl sites for hydroxylation is 1. The Hall–Kier alpha value is -2.33. The van der Waals surface area contributed by atoms with Crippen molar-refractivity contribution < 1.29 is 9.59 Å². The van der Waals surface area contributed by atoms with E-state index in [9.17, 15) is 9.59 Å².